The van der Waals surface area contributed by atoms with Gasteiger partial charge in [-0.3, -0.25) is 4.79 Å². The van der Waals surface area contributed by atoms with E-state index in [0.717, 1.165) is 32.3 Å². The van der Waals surface area contributed by atoms with E-state index in [-0.39, 0.29) is 18.0 Å². The lowest BCUT2D eigenvalue weighted by Crippen LogP contribution is -2.52. The number of hydrogen-bond donors (Lipinski definition) is 1. The summed E-state index contributed by atoms with van der Waals surface area (Å²) in [6.07, 6.45) is 5.97. The van der Waals surface area contributed by atoms with Gasteiger partial charge >= 0.3 is 5.97 Å². The first-order valence-electron chi connectivity index (χ1n) is 7.53. The standard InChI is InChI=1S/C15H27NO4/c1-4-10-15(2,14(18)19-3)16-13(17)9-8-12-7-5-6-11-20-12/h12H,4-11H2,1-3H3,(H,16,17). The number of ether oxygens (including phenoxy) is 2. The Bertz CT molecular complexity index is 326. The van der Waals surface area contributed by atoms with Gasteiger partial charge in [0.25, 0.3) is 0 Å². The predicted molar refractivity (Wildman–Crippen MR) is 76.3 cm³/mol. The van der Waals surface area contributed by atoms with E-state index in [2.05, 4.69) is 5.32 Å². The molecule has 0 radical (unpaired) electrons. The maximum Gasteiger partial charge on any atom is 0.331 e. The van der Waals surface area contributed by atoms with Crippen LogP contribution in [0.4, 0.5) is 0 Å². The molecule has 1 saturated heterocycles. The van der Waals surface area contributed by atoms with Gasteiger partial charge in [0.2, 0.25) is 5.91 Å². The van der Waals surface area contributed by atoms with Gasteiger partial charge in [-0.25, -0.2) is 4.79 Å². The van der Waals surface area contributed by atoms with Gasteiger partial charge in [0.1, 0.15) is 5.54 Å². The van der Waals surface area contributed by atoms with Gasteiger partial charge in [-0.15, -0.1) is 0 Å². The Kier molecular flexibility index (Phi) is 6.99. The third kappa shape index (κ3) is 5.12. The van der Waals surface area contributed by atoms with Crippen LogP contribution in [-0.4, -0.2) is 37.2 Å². The third-order valence-electron chi connectivity index (χ3n) is 3.77. The number of esters is 1. The molecular formula is C15H27NO4. The van der Waals surface area contributed by atoms with E-state index in [9.17, 15) is 9.59 Å². The second-order valence-electron chi connectivity index (χ2n) is 5.65. The van der Waals surface area contributed by atoms with Gasteiger partial charge in [-0.1, -0.05) is 13.3 Å². The molecule has 1 N–H and O–H groups in total. The summed E-state index contributed by atoms with van der Waals surface area (Å²) in [5.41, 5.74) is -0.923. The van der Waals surface area contributed by atoms with Crippen molar-refractivity contribution < 1.29 is 19.1 Å². The number of carbonyl (C=O) groups is 2. The van der Waals surface area contributed by atoms with Crippen LogP contribution >= 0.6 is 0 Å². The molecule has 2 unspecified atom stereocenters. The van der Waals surface area contributed by atoms with E-state index in [0.29, 0.717) is 12.8 Å². The van der Waals surface area contributed by atoms with Crippen molar-refractivity contribution in [3.05, 3.63) is 0 Å². The van der Waals surface area contributed by atoms with Crippen LogP contribution in [0.3, 0.4) is 0 Å². The molecule has 1 fully saturated rings. The predicted octanol–water partition coefficient (Wildman–Crippen LogP) is 2.18. The average molecular weight is 285 g/mol. The van der Waals surface area contributed by atoms with Gasteiger partial charge < -0.3 is 14.8 Å². The maximum absolute atomic E-state index is 12.0. The smallest absolute Gasteiger partial charge is 0.331 e. The van der Waals surface area contributed by atoms with Crippen LogP contribution in [0.5, 0.6) is 0 Å². The lowest BCUT2D eigenvalue weighted by Gasteiger charge is -2.28. The summed E-state index contributed by atoms with van der Waals surface area (Å²) < 4.78 is 10.4. The van der Waals surface area contributed by atoms with Crippen LogP contribution in [0, 0.1) is 0 Å². The molecule has 20 heavy (non-hydrogen) atoms. The second-order valence-corrected chi connectivity index (χ2v) is 5.65. The largest absolute Gasteiger partial charge is 0.467 e. The fourth-order valence-electron chi connectivity index (χ4n) is 2.64. The van der Waals surface area contributed by atoms with Crippen molar-refractivity contribution >= 4 is 11.9 Å². The van der Waals surface area contributed by atoms with Gasteiger partial charge in [0.15, 0.2) is 0 Å². The summed E-state index contributed by atoms with van der Waals surface area (Å²) in [6.45, 7) is 4.49. The highest BCUT2D eigenvalue weighted by molar-refractivity contribution is 5.87. The molecule has 0 aliphatic carbocycles. The van der Waals surface area contributed by atoms with Crippen LogP contribution in [0.25, 0.3) is 0 Å². The van der Waals surface area contributed by atoms with E-state index in [1.165, 1.54) is 13.5 Å². The Morgan fingerprint density at radius 2 is 2.15 bits per heavy atom. The van der Waals surface area contributed by atoms with E-state index in [4.69, 9.17) is 9.47 Å². The summed E-state index contributed by atoms with van der Waals surface area (Å²) in [5.74, 6) is -0.498. The van der Waals surface area contributed by atoms with Gasteiger partial charge in [-0.2, -0.15) is 0 Å². The Hall–Kier alpha value is -1.10. The van der Waals surface area contributed by atoms with Crippen molar-refractivity contribution in [2.24, 2.45) is 0 Å². The Labute approximate surface area is 121 Å². The van der Waals surface area contributed by atoms with Crippen LogP contribution in [0.15, 0.2) is 0 Å². The summed E-state index contributed by atoms with van der Waals surface area (Å²) >= 11 is 0. The lowest BCUT2D eigenvalue weighted by molar-refractivity contribution is -0.150. The number of carbonyl (C=O) groups excluding carboxylic acids is 2. The van der Waals surface area contributed by atoms with Crippen molar-refractivity contribution in [2.45, 2.75) is 70.4 Å². The van der Waals surface area contributed by atoms with Crippen LogP contribution in [0.1, 0.15) is 58.8 Å². The SMILES string of the molecule is CCCC(C)(NC(=O)CCC1CCCCO1)C(=O)OC. The van der Waals surface area contributed by atoms with Crippen molar-refractivity contribution in [3.8, 4) is 0 Å². The van der Waals surface area contributed by atoms with E-state index in [1.807, 2.05) is 6.92 Å². The molecule has 1 aliphatic rings. The molecule has 0 bridgehead atoms. The fraction of sp³-hybridized carbons (Fsp3) is 0.867. The molecule has 1 aliphatic heterocycles. The first kappa shape index (κ1) is 17.0. The first-order chi connectivity index (χ1) is 9.51. The Morgan fingerprint density at radius 3 is 2.70 bits per heavy atom. The zero-order valence-corrected chi connectivity index (χ0v) is 12.9. The third-order valence-corrected chi connectivity index (χ3v) is 3.77. The van der Waals surface area contributed by atoms with Crippen LogP contribution < -0.4 is 5.32 Å². The number of methoxy groups -OCH3 is 1. The highest BCUT2D eigenvalue weighted by Crippen LogP contribution is 2.18. The molecule has 5 nitrogen and oxygen atoms in total. The number of rotatable bonds is 7. The molecule has 2 atom stereocenters. The summed E-state index contributed by atoms with van der Waals surface area (Å²) in [6, 6.07) is 0. The summed E-state index contributed by atoms with van der Waals surface area (Å²) in [5, 5.41) is 2.82. The highest BCUT2D eigenvalue weighted by Gasteiger charge is 2.35. The topological polar surface area (TPSA) is 64.6 Å². The zero-order valence-electron chi connectivity index (χ0n) is 12.9. The summed E-state index contributed by atoms with van der Waals surface area (Å²) in [7, 11) is 1.35. The monoisotopic (exact) mass is 285 g/mol. The van der Waals surface area contributed by atoms with Crippen LogP contribution in [0.2, 0.25) is 0 Å². The van der Waals surface area contributed by atoms with Gasteiger partial charge in [-0.05, 0) is 39.0 Å². The molecule has 1 amide bonds. The Morgan fingerprint density at radius 1 is 1.40 bits per heavy atom. The van der Waals surface area contributed by atoms with Gasteiger partial charge in [0, 0.05) is 13.0 Å². The zero-order chi connectivity index (χ0) is 15.0. The number of nitrogens with one attached hydrogen (secondary N) is 1. The van der Waals surface area contributed by atoms with E-state index in [1.54, 1.807) is 6.92 Å². The molecule has 0 aromatic carbocycles. The molecule has 1 heterocycles. The average Bonchev–Trinajstić information content (AvgIpc) is 2.45. The fourth-order valence-corrected chi connectivity index (χ4v) is 2.64. The molecule has 5 heteroatoms. The number of amides is 1. The molecule has 116 valence electrons. The lowest BCUT2D eigenvalue weighted by atomic mass is 9.95. The minimum absolute atomic E-state index is 0.111. The maximum atomic E-state index is 12.0. The van der Waals surface area contributed by atoms with Crippen molar-refractivity contribution in [3.63, 3.8) is 0 Å². The summed E-state index contributed by atoms with van der Waals surface area (Å²) in [4.78, 5) is 23.8. The molecule has 0 aromatic rings. The van der Waals surface area contributed by atoms with Crippen molar-refractivity contribution in [1.29, 1.82) is 0 Å². The molecular weight excluding hydrogens is 258 g/mol. The molecule has 0 spiro atoms. The van der Waals surface area contributed by atoms with E-state index < -0.39 is 5.54 Å². The highest BCUT2D eigenvalue weighted by atomic mass is 16.5. The van der Waals surface area contributed by atoms with E-state index >= 15 is 0 Å². The van der Waals surface area contributed by atoms with Crippen LogP contribution in [-0.2, 0) is 19.1 Å². The number of hydrogen-bond acceptors (Lipinski definition) is 4. The minimum Gasteiger partial charge on any atom is -0.467 e. The Balaban J connectivity index is 2.43. The molecule has 0 aromatic heterocycles. The normalized spacial score (nSPS) is 21.9. The second kappa shape index (κ2) is 8.25. The van der Waals surface area contributed by atoms with Crippen molar-refractivity contribution in [2.75, 3.05) is 13.7 Å². The van der Waals surface area contributed by atoms with Crippen molar-refractivity contribution in [1.82, 2.24) is 5.32 Å². The first-order valence-corrected chi connectivity index (χ1v) is 7.53. The quantitative estimate of drug-likeness (QED) is 0.728. The minimum atomic E-state index is -0.923. The van der Waals surface area contributed by atoms with Gasteiger partial charge in [0.05, 0.1) is 13.2 Å². The molecule has 0 saturated carbocycles. The molecule has 1 rings (SSSR count).